The molecule has 0 aliphatic rings. The van der Waals surface area contributed by atoms with Crippen LogP contribution in [0.1, 0.15) is 11.1 Å². The van der Waals surface area contributed by atoms with Crippen molar-refractivity contribution in [3.63, 3.8) is 0 Å². The first kappa shape index (κ1) is 31.4. The summed E-state index contributed by atoms with van der Waals surface area (Å²) in [6.07, 6.45) is 3.72. The van der Waals surface area contributed by atoms with E-state index >= 15 is 0 Å². The molecule has 10 aromatic rings. The second-order valence-electron chi connectivity index (χ2n) is 13.4. The van der Waals surface area contributed by atoms with Crippen LogP contribution in [0.5, 0.6) is 0 Å². The molecule has 7 aromatic carbocycles. The van der Waals surface area contributed by atoms with Gasteiger partial charge in [0.2, 0.25) is 0 Å². The summed E-state index contributed by atoms with van der Waals surface area (Å²) >= 11 is 0. The predicted molar refractivity (Wildman–Crippen MR) is 225 cm³/mol. The van der Waals surface area contributed by atoms with Crippen LogP contribution in [0.15, 0.2) is 177 Å². The maximum absolute atomic E-state index is 4.99. The highest BCUT2D eigenvalue weighted by Gasteiger charge is 2.19. The van der Waals surface area contributed by atoms with Crippen LogP contribution in [-0.4, -0.2) is 24.1 Å². The second-order valence-corrected chi connectivity index (χ2v) is 13.4. The molecule has 0 bridgehead atoms. The lowest BCUT2D eigenvalue weighted by Crippen LogP contribution is -2.00. The molecule has 254 valence electrons. The van der Waals surface area contributed by atoms with Crippen LogP contribution in [0.25, 0.3) is 101 Å². The van der Waals surface area contributed by atoms with E-state index in [9.17, 15) is 0 Å². The molecule has 0 fully saturated rings. The molecule has 0 radical (unpaired) electrons. The molecule has 3 aromatic heterocycles. The van der Waals surface area contributed by atoms with E-state index in [1.807, 2.05) is 66.7 Å². The summed E-state index contributed by atoms with van der Waals surface area (Å²) in [6.45, 7) is 7.85. The van der Waals surface area contributed by atoms with Crippen molar-refractivity contribution in [2.45, 2.75) is 0 Å². The quantitative estimate of drug-likeness (QED) is 0.167. The summed E-state index contributed by atoms with van der Waals surface area (Å²) in [5.74, 6) is 1.88. The molecule has 0 spiro atoms. The Morgan fingerprint density at radius 1 is 0.352 bits per heavy atom. The van der Waals surface area contributed by atoms with Crippen molar-refractivity contribution in [3.05, 3.63) is 188 Å². The van der Waals surface area contributed by atoms with Gasteiger partial charge in [-0.05, 0) is 71.8 Å². The third kappa shape index (κ3) is 5.13. The van der Waals surface area contributed by atoms with Crippen LogP contribution >= 0.6 is 0 Å². The molecule has 0 aliphatic carbocycles. The van der Waals surface area contributed by atoms with E-state index in [0.717, 1.165) is 55.7 Å². The van der Waals surface area contributed by atoms with Crippen LogP contribution < -0.4 is 0 Å². The van der Waals surface area contributed by atoms with Gasteiger partial charge in [0.05, 0.1) is 22.1 Å². The van der Waals surface area contributed by atoms with E-state index in [0.29, 0.717) is 17.5 Å². The zero-order valence-electron chi connectivity index (χ0n) is 29.4. The molecule has 54 heavy (non-hydrogen) atoms. The van der Waals surface area contributed by atoms with E-state index in [2.05, 4.69) is 131 Å². The minimum Gasteiger partial charge on any atom is -0.309 e. The zero-order valence-corrected chi connectivity index (χ0v) is 29.4. The average molecular weight is 692 g/mol. The number of hydrogen-bond acceptors (Lipinski definition) is 3. The number of aromatic nitrogens is 5. The highest BCUT2D eigenvalue weighted by molar-refractivity contribution is 6.19. The molecule has 0 aliphatic heterocycles. The summed E-state index contributed by atoms with van der Waals surface area (Å²) in [6, 6.07) is 57.4. The lowest BCUT2D eigenvalue weighted by atomic mass is 10.1. The minimum atomic E-state index is 0.620. The van der Waals surface area contributed by atoms with Gasteiger partial charge in [-0.2, -0.15) is 0 Å². The van der Waals surface area contributed by atoms with Crippen LogP contribution in [0, 0.1) is 0 Å². The molecule has 0 amide bonds. The summed E-state index contributed by atoms with van der Waals surface area (Å²) in [4.78, 5) is 14.9. The fourth-order valence-electron chi connectivity index (χ4n) is 7.63. The summed E-state index contributed by atoms with van der Waals surface area (Å²) in [5, 5.41) is 4.88. The Kier molecular flexibility index (Phi) is 7.37. The van der Waals surface area contributed by atoms with Gasteiger partial charge < -0.3 is 9.13 Å². The number of nitrogens with zero attached hydrogens (tertiary/aromatic N) is 5. The van der Waals surface area contributed by atoms with E-state index in [1.54, 1.807) is 0 Å². The van der Waals surface area contributed by atoms with Crippen LogP contribution in [0.3, 0.4) is 0 Å². The molecule has 0 saturated carbocycles. The smallest absolute Gasteiger partial charge is 0.164 e. The van der Waals surface area contributed by atoms with Crippen LogP contribution in [0.2, 0.25) is 0 Å². The number of rotatable bonds is 7. The Hall–Kier alpha value is -7.37. The second kappa shape index (κ2) is 12.7. The molecule has 5 nitrogen and oxygen atoms in total. The Morgan fingerprint density at radius 2 is 0.741 bits per heavy atom. The predicted octanol–water partition coefficient (Wildman–Crippen LogP) is 12.4. The van der Waals surface area contributed by atoms with Gasteiger partial charge in [0.15, 0.2) is 17.5 Å². The first-order valence-corrected chi connectivity index (χ1v) is 18.0. The SMILES string of the molecule is C=Cc1ccc(-c2nc(-c3ccccc3)nc(-c3ccc(-n4c5ccccc5c5cc6c7ccccc7n(-c7ccc(C=C)cc7)c6cc54)cc3)n2)cc1. The summed E-state index contributed by atoms with van der Waals surface area (Å²) < 4.78 is 4.74. The van der Waals surface area contributed by atoms with Gasteiger partial charge in [-0.3, -0.25) is 0 Å². The van der Waals surface area contributed by atoms with Crippen molar-refractivity contribution in [1.29, 1.82) is 0 Å². The van der Waals surface area contributed by atoms with Crippen molar-refractivity contribution < 1.29 is 0 Å². The fourth-order valence-corrected chi connectivity index (χ4v) is 7.63. The molecule has 5 heteroatoms. The molecular weight excluding hydrogens is 659 g/mol. The maximum atomic E-state index is 4.99. The van der Waals surface area contributed by atoms with Gasteiger partial charge in [-0.1, -0.05) is 128 Å². The first-order chi connectivity index (χ1) is 26.7. The van der Waals surface area contributed by atoms with Crippen LogP contribution in [-0.2, 0) is 0 Å². The normalized spacial score (nSPS) is 11.5. The Labute approximate surface area is 312 Å². The maximum Gasteiger partial charge on any atom is 0.164 e. The monoisotopic (exact) mass is 691 g/mol. The van der Waals surface area contributed by atoms with Crippen molar-refractivity contribution in [1.82, 2.24) is 24.1 Å². The molecule has 0 atom stereocenters. The molecular formula is C49H33N5. The van der Waals surface area contributed by atoms with E-state index in [1.165, 1.54) is 27.1 Å². The number of para-hydroxylation sites is 2. The third-order valence-electron chi connectivity index (χ3n) is 10.3. The largest absolute Gasteiger partial charge is 0.309 e. The molecule has 10 rings (SSSR count). The highest BCUT2D eigenvalue weighted by atomic mass is 15.0. The van der Waals surface area contributed by atoms with Gasteiger partial charge in [-0.15, -0.1) is 0 Å². The average Bonchev–Trinajstić information content (AvgIpc) is 3.75. The third-order valence-corrected chi connectivity index (χ3v) is 10.3. The van der Waals surface area contributed by atoms with Gasteiger partial charge in [0, 0.05) is 49.6 Å². The van der Waals surface area contributed by atoms with Crippen LogP contribution in [0.4, 0.5) is 0 Å². The van der Waals surface area contributed by atoms with Crippen molar-refractivity contribution in [2.75, 3.05) is 0 Å². The number of hydrogen-bond donors (Lipinski definition) is 0. The Bertz CT molecular complexity index is 3040. The molecule has 0 N–H and O–H groups in total. The summed E-state index contributed by atoms with van der Waals surface area (Å²) in [7, 11) is 0. The lowest BCUT2D eigenvalue weighted by molar-refractivity contribution is 1.07. The highest BCUT2D eigenvalue weighted by Crippen LogP contribution is 2.40. The van der Waals surface area contributed by atoms with Gasteiger partial charge in [0.25, 0.3) is 0 Å². The van der Waals surface area contributed by atoms with E-state index < -0.39 is 0 Å². The fraction of sp³-hybridized carbons (Fsp3) is 0. The van der Waals surface area contributed by atoms with Crippen molar-refractivity contribution >= 4 is 55.8 Å². The van der Waals surface area contributed by atoms with E-state index in [4.69, 9.17) is 15.0 Å². The summed E-state index contributed by atoms with van der Waals surface area (Å²) in [5.41, 5.74) is 11.7. The Balaban J connectivity index is 1.15. The van der Waals surface area contributed by atoms with E-state index in [-0.39, 0.29) is 0 Å². The topological polar surface area (TPSA) is 48.5 Å². The van der Waals surface area contributed by atoms with Crippen molar-refractivity contribution in [3.8, 4) is 45.5 Å². The number of fused-ring (bicyclic) bond motifs is 6. The van der Waals surface area contributed by atoms with Crippen molar-refractivity contribution in [2.24, 2.45) is 0 Å². The first-order valence-electron chi connectivity index (χ1n) is 18.0. The Morgan fingerprint density at radius 3 is 1.22 bits per heavy atom. The lowest BCUT2D eigenvalue weighted by Gasteiger charge is -2.12. The van der Waals surface area contributed by atoms with Gasteiger partial charge in [0.1, 0.15) is 0 Å². The van der Waals surface area contributed by atoms with Gasteiger partial charge in [-0.25, -0.2) is 15.0 Å². The molecule has 0 saturated heterocycles. The minimum absolute atomic E-state index is 0.620. The molecule has 0 unspecified atom stereocenters. The standard InChI is InChI=1S/C49H33N5/c1-3-32-18-22-35(23-19-32)48-50-47(34-12-6-5-7-13-34)51-49(52-48)36-24-28-38(29-25-36)54-44-17-11-9-15-40(44)42-30-41-39-14-8-10-16-43(39)53(45(41)31-46(42)54)37-26-20-33(4-2)21-27-37/h3-31H,1-2H2. The van der Waals surface area contributed by atoms with Gasteiger partial charge >= 0.3 is 0 Å². The number of benzene rings is 7. The molecule has 3 heterocycles. The zero-order chi connectivity index (χ0) is 36.2.